The van der Waals surface area contributed by atoms with E-state index in [0.29, 0.717) is 30.6 Å². The van der Waals surface area contributed by atoms with Gasteiger partial charge in [-0.15, -0.1) is 0 Å². The minimum absolute atomic E-state index is 0.309. The second-order valence-electron chi connectivity index (χ2n) is 4.57. The van der Waals surface area contributed by atoms with Gasteiger partial charge < -0.3 is 15.2 Å². The van der Waals surface area contributed by atoms with Gasteiger partial charge in [-0.05, 0) is 38.1 Å². The maximum atomic E-state index is 13.8. The average Bonchev–Trinajstić information content (AvgIpc) is 2.32. The van der Waals surface area contributed by atoms with Crippen molar-refractivity contribution in [1.82, 2.24) is 5.32 Å². The third-order valence-electron chi connectivity index (χ3n) is 3.34. The van der Waals surface area contributed by atoms with E-state index in [-0.39, 0.29) is 5.82 Å². The van der Waals surface area contributed by atoms with Crippen LogP contribution in [-0.2, 0) is 6.42 Å². The standard InChI is InChI=1S/C13H18FNO2/c1-17-12-4-2-3-11(14)10(12)9-13(16)5-7-15-8-6-13/h2-4,15-16H,5-9H2,1H3. The fourth-order valence-corrected chi connectivity index (χ4v) is 2.30. The number of methoxy groups -OCH3 is 1. The predicted molar refractivity (Wildman–Crippen MR) is 63.7 cm³/mol. The molecule has 2 rings (SSSR count). The van der Waals surface area contributed by atoms with E-state index in [2.05, 4.69) is 5.32 Å². The maximum Gasteiger partial charge on any atom is 0.130 e. The van der Waals surface area contributed by atoms with E-state index in [1.165, 1.54) is 13.2 Å². The summed E-state index contributed by atoms with van der Waals surface area (Å²) in [6.07, 6.45) is 1.60. The molecule has 94 valence electrons. The number of hydrogen-bond donors (Lipinski definition) is 2. The highest BCUT2D eigenvalue weighted by atomic mass is 19.1. The van der Waals surface area contributed by atoms with Crippen LogP contribution in [0.5, 0.6) is 5.75 Å². The van der Waals surface area contributed by atoms with Crippen LogP contribution < -0.4 is 10.1 Å². The van der Waals surface area contributed by atoms with Crippen molar-refractivity contribution in [3.63, 3.8) is 0 Å². The maximum absolute atomic E-state index is 13.8. The Balaban J connectivity index is 2.22. The van der Waals surface area contributed by atoms with Crippen LogP contribution in [0.25, 0.3) is 0 Å². The van der Waals surface area contributed by atoms with Crippen molar-refractivity contribution >= 4 is 0 Å². The Morgan fingerprint density at radius 3 is 2.76 bits per heavy atom. The number of benzene rings is 1. The van der Waals surface area contributed by atoms with Crippen LogP contribution >= 0.6 is 0 Å². The van der Waals surface area contributed by atoms with Gasteiger partial charge in [0.2, 0.25) is 0 Å². The smallest absolute Gasteiger partial charge is 0.130 e. The van der Waals surface area contributed by atoms with Crippen LogP contribution in [0.15, 0.2) is 18.2 Å². The molecule has 1 aliphatic heterocycles. The molecule has 0 bridgehead atoms. The van der Waals surface area contributed by atoms with Crippen molar-refractivity contribution in [3.8, 4) is 5.75 Å². The summed E-state index contributed by atoms with van der Waals surface area (Å²) in [7, 11) is 1.52. The quantitative estimate of drug-likeness (QED) is 0.839. The van der Waals surface area contributed by atoms with Gasteiger partial charge in [-0.25, -0.2) is 4.39 Å². The first-order valence-corrected chi connectivity index (χ1v) is 5.89. The lowest BCUT2D eigenvalue weighted by Gasteiger charge is -2.33. The fraction of sp³-hybridized carbons (Fsp3) is 0.538. The van der Waals surface area contributed by atoms with Gasteiger partial charge in [0.05, 0.1) is 12.7 Å². The van der Waals surface area contributed by atoms with Gasteiger partial charge in [-0.2, -0.15) is 0 Å². The SMILES string of the molecule is COc1cccc(F)c1CC1(O)CCNCC1. The van der Waals surface area contributed by atoms with E-state index in [0.717, 1.165) is 13.1 Å². The molecule has 1 fully saturated rings. The van der Waals surface area contributed by atoms with Crippen LogP contribution in [0.2, 0.25) is 0 Å². The van der Waals surface area contributed by atoms with E-state index >= 15 is 0 Å². The number of hydrogen-bond acceptors (Lipinski definition) is 3. The first-order valence-electron chi connectivity index (χ1n) is 5.89. The highest BCUT2D eigenvalue weighted by molar-refractivity contribution is 5.35. The molecule has 1 aromatic carbocycles. The average molecular weight is 239 g/mol. The molecule has 4 heteroatoms. The summed E-state index contributed by atoms with van der Waals surface area (Å²) in [5.74, 6) is 0.202. The van der Waals surface area contributed by atoms with E-state index in [1.807, 2.05) is 0 Å². The molecule has 1 aliphatic rings. The van der Waals surface area contributed by atoms with Crippen LogP contribution in [-0.4, -0.2) is 30.9 Å². The molecule has 3 nitrogen and oxygen atoms in total. The van der Waals surface area contributed by atoms with Crippen molar-refractivity contribution in [2.75, 3.05) is 20.2 Å². The van der Waals surface area contributed by atoms with Gasteiger partial charge in [-0.3, -0.25) is 0 Å². The van der Waals surface area contributed by atoms with E-state index < -0.39 is 5.60 Å². The zero-order valence-electron chi connectivity index (χ0n) is 10.0. The van der Waals surface area contributed by atoms with Crippen LogP contribution in [0.4, 0.5) is 4.39 Å². The van der Waals surface area contributed by atoms with E-state index in [4.69, 9.17) is 4.74 Å². The number of nitrogens with one attached hydrogen (secondary N) is 1. The molecule has 0 radical (unpaired) electrons. The predicted octanol–water partition coefficient (Wildman–Crippen LogP) is 1.49. The van der Waals surface area contributed by atoms with Crippen LogP contribution in [0.3, 0.4) is 0 Å². The van der Waals surface area contributed by atoms with Crippen LogP contribution in [0, 0.1) is 5.82 Å². The zero-order valence-corrected chi connectivity index (χ0v) is 10.0. The summed E-state index contributed by atoms with van der Waals surface area (Å²) in [6.45, 7) is 1.54. The van der Waals surface area contributed by atoms with Gasteiger partial charge >= 0.3 is 0 Å². The summed E-state index contributed by atoms with van der Waals surface area (Å²) in [5.41, 5.74) is -0.347. The molecule has 0 aliphatic carbocycles. The van der Waals surface area contributed by atoms with Crippen molar-refractivity contribution in [1.29, 1.82) is 0 Å². The number of rotatable bonds is 3. The molecule has 0 saturated carbocycles. The van der Waals surface area contributed by atoms with Crippen molar-refractivity contribution < 1.29 is 14.2 Å². The molecular weight excluding hydrogens is 221 g/mol. The first-order chi connectivity index (χ1) is 8.14. The largest absolute Gasteiger partial charge is 0.496 e. The summed E-state index contributed by atoms with van der Waals surface area (Å²) in [5, 5.41) is 13.6. The lowest BCUT2D eigenvalue weighted by atomic mass is 9.85. The van der Waals surface area contributed by atoms with E-state index in [9.17, 15) is 9.50 Å². The molecule has 0 spiro atoms. The second kappa shape index (κ2) is 5.02. The zero-order chi connectivity index (χ0) is 12.3. The number of aliphatic hydroxyl groups is 1. The Morgan fingerprint density at radius 2 is 2.12 bits per heavy atom. The Labute approximate surface area is 101 Å². The molecule has 17 heavy (non-hydrogen) atoms. The monoisotopic (exact) mass is 239 g/mol. The molecular formula is C13H18FNO2. The van der Waals surface area contributed by atoms with Gasteiger partial charge in [0.1, 0.15) is 11.6 Å². The lowest BCUT2D eigenvalue weighted by Crippen LogP contribution is -2.43. The van der Waals surface area contributed by atoms with Crippen molar-refractivity contribution in [2.45, 2.75) is 24.9 Å². The Morgan fingerprint density at radius 1 is 1.41 bits per heavy atom. The Bertz CT molecular complexity index is 389. The third-order valence-corrected chi connectivity index (χ3v) is 3.34. The van der Waals surface area contributed by atoms with Gasteiger partial charge in [0.25, 0.3) is 0 Å². The van der Waals surface area contributed by atoms with Crippen molar-refractivity contribution in [3.05, 3.63) is 29.6 Å². The highest BCUT2D eigenvalue weighted by Gasteiger charge is 2.31. The first kappa shape index (κ1) is 12.3. The topological polar surface area (TPSA) is 41.5 Å². The van der Waals surface area contributed by atoms with Gasteiger partial charge in [0.15, 0.2) is 0 Å². The molecule has 1 heterocycles. The summed E-state index contributed by atoms with van der Waals surface area (Å²) in [4.78, 5) is 0. The van der Waals surface area contributed by atoms with Crippen molar-refractivity contribution in [2.24, 2.45) is 0 Å². The molecule has 0 unspecified atom stereocenters. The minimum atomic E-state index is -0.819. The lowest BCUT2D eigenvalue weighted by molar-refractivity contribution is 0.00964. The highest BCUT2D eigenvalue weighted by Crippen LogP contribution is 2.29. The fourth-order valence-electron chi connectivity index (χ4n) is 2.30. The minimum Gasteiger partial charge on any atom is -0.496 e. The Kier molecular flexibility index (Phi) is 3.64. The summed E-state index contributed by atoms with van der Waals surface area (Å²) in [6, 6.07) is 4.75. The molecule has 1 aromatic rings. The molecule has 1 saturated heterocycles. The molecule has 0 aromatic heterocycles. The summed E-state index contributed by atoms with van der Waals surface area (Å²) < 4.78 is 18.9. The van der Waals surface area contributed by atoms with Gasteiger partial charge in [0, 0.05) is 12.0 Å². The Hall–Kier alpha value is -1.13. The molecule has 2 N–H and O–H groups in total. The third kappa shape index (κ3) is 2.76. The normalized spacial score (nSPS) is 19.0. The number of piperidine rings is 1. The second-order valence-corrected chi connectivity index (χ2v) is 4.57. The molecule has 0 atom stereocenters. The number of halogens is 1. The number of ether oxygens (including phenoxy) is 1. The van der Waals surface area contributed by atoms with Gasteiger partial charge in [-0.1, -0.05) is 6.07 Å². The molecule has 0 amide bonds. The summed E-state index contributed by atoms with van der Waals surface area (Å²) >= 11 is 0. The van der Waals surface area contributed by atoms with Crippen LogP contribution in [0.1, 0.15) is 18.4 Å². The van der Waals surface area contributed by atoms with E-state index in [1.54, 1.807) is 12.1 Å².